The number of ether oxygens (including phenoxy) is 2. The highest BCUT2D eigenvalue weighted by atomic mass is 79.9. The summed E-state index contributed by atoms with van der Waals surface area (Å²) < 4.78 is 11.4. The van der Waals surface area contributed by atoms with Gasteiger partial charge in [-0.3, -0.25) is 20.4 Å². The lowest BCUT2D eigenvalue weighted by Gasteiger charge is -2.12. The fourth-order valence-corrected chi connectivity index (χ4v) is 2.68. The Bertz CT molecular complexity index is 791. The number of benzene rings is 2. The van der Waals surface area contributed by atoms with Crippen molar-refractivity contribution in [3.05, 3.63) is 58.1 Å². The Morgan fingerprint density at radius 3 is 2.37 bits per heavy atom. The van der Waals surface area contributed by atoms with Crippen LogP contribution in [0.5, 0.6) is 11.5 Å². The van der Waals surface area contributed by atoms with Crippen LogP contribution in [0.15, 0.2) is 46.9 Å². The number of carbonyl (C=O) groups excluding carboxylic acids is 2. The van der Waals surface area contributed by atoms with Gasteiger partial charge in [0.1, 0.15) is 11.5 Å². The Hall–Kier alpha value is -2.54. The number of nitrogens with one attached hydrogen (secondary N) is 2. The minimum absolute atomic E-state index is 0.149. The third-order valence-corrected chi connectivity index (χ3v) is 4.23. The second-order valence-electron chi connectivity index (χ2n) is 6.38. The normalized spacial score (nSPS) is 10.4. The van der Waals surface area contributed by atoms with Crippen molar-refractivity contribution in [2.75, 3.05) is 13.7 Å². The first-order valence-electron chi connectivity index (χ1n) is 8.53. The molecule has 2 aromatic carbocycles. The van der Waals surface area contributed by atoms with Crippen LogP contribution in [-0.4, -0.2) is 25.5 Å². The molecule has 2 rings (SSSR count). The molecule has 0 saturated heterocycles. The third-order valence-electron chi connectivity index (χ3n) is 3.61. The zero-order valence-electron chi connectivity index (χ0n) is 15.5. The van der Waals surface area contributed by atoms with Crippen LogP contribution in [0, 0.1) is 5.92 Å². The number of carbonyl (C=O) groups is 2. The maximum atomic E-state index is 12.2. The maximum Gasteiger partial charge on any atom is 0.269 e. The first-order chi connectivity index (χ1) is 12.9. The van der Waals surface area contributed by atoms with Crippen molar-refractivity contribution in [2.45, 2.75) is 20.3 Å². The van der Waals surface area contributed by atoms with Crippen molar-refractivity contribution >= 4 is 27.7 Å². The fraction of sp³-hybridized carbons (Fsp3) is 0.300. The summed E-state index contributed by atoms with van der Waals surface area (Å²) in [4.78, 5) is 24.2. The Morgan fingerprint density at radius 1 is 1.07 bits per heavy atom. The van der Waals surface area contributed by atoms with E-state index in [9.17, 15) is 9.59 Å². The maximum absolute atomic E-state index is 12.2. The van der Waals surface area contributed by atoms with E-state index in [1.807, 2.05) is 0 Å². The molecule has 0 saturated carbocycles. The van der Waals surface area contributed by atoms with Crippen molar-refractivity contribution < 1.29 is 19.1 Å². The summed E-state index contributed by atoms with van der Waals surface area (Å²) in [6, 6.07) is 12.2. The monoisotopic (exact) mass is 434 g/mol. The van der Waals surface area contributed by atoms with Crippen LogP contribution in [0.1, 0.15) is 29.8 Å². The average molecular weight is 435 g/mol. The molecule has 0 radical (unpaired) electrons. The number of halogens is 1. The van der Waals surface area contributed by atoms with Crippen LogP contribution in [0.25, 0.3) is 0 Å². The predicted molar refractivity (Wildman–Crippen MR) is 107 cm³/mol. The Labute approximate surface area is 167 Å². The van der Waals surface area contributed by atoms with Crippen LogP contribution in [-0.2, 0) is 11.2 Å². The van der Waals surface area contributed by atoms with Crippen molar-refractivity contribution in [1.82, 2.24) is 10.9 Å². The van der Waals surface area contributed by atoms with Crippen LogP contribution < -0.4 is 20.3 Å². The summed E-state index contributed by atoms with van der Waals surface area (Å²) in [5.41, 5.74) is 6.05. The Kier molecular flexibility index (Phi) is 7.67. The number of hydrogen-bond donors (Lipinski definition) is 2. The highest BCUT2D eigenvalue weighted by molar-refractivity contribution is 9.10. The average Bonchev–Trinajstić information content (AvgIpc) is 2.65. The van der Waals surface area contributed by atoms with Crippen LogP contribution in [0.2, 0.25) is 0 Å². The van der Waals surface area contributed by atoms with Crippen LogP contribution >= 0.6 is 15.9 Å². The number of methoxy groups -OCH3 is 1. The highest BCUT2D eigenvalue weighted by Crippen LogP contribution is 2.26. The number of hydrazine groups is 1. The Balaban J connectivity index is 1.87. The summed E-state index contributed by atoms with van der Waals surface area (Å²) in [7, 11) is 1.58. The zero-order chi connectivity index (χ0) is 19.8. The topological polar surface area (TPSA) is 76.7 Å². The molecule has 0 bridgehead atoms. The van der Waals surface area contributed by atoms with Gasteiger partial charge in [-0.25, -0.2) is 0 Å². The van der Waals surface area contributed by atoms with Gasteiger partial charge in [-0.05, 0) is 57.7 Å². The van der Waals surface area contributed by atoms with Gasteiger partial charge >= 0.3 is 0 Å². The fourth-order valence-electron chi connectivity index (χ4n) is 2.19. The van der Waals surface area contributed by atoms with E-state index >= 15 is 0 Å². The molecule has 0 fully saturated rings. The molecule has 0 spiro atoms. The van der Waals surface area contributed by atoms with Gasteiger partial charge in [0, 0.05) is 5.56 Å². The molecule has 27 heavy (non-hydrogen) atoms. The SMILES string of the molecule is COc1ccc(CC(=O)NNC(=O)c2ccc(OCC(C)C)c(Br)c2)cc1. The van der Waals surface area contributed by atoms with Crippen LogP contribution in [0.4, 0.5) is 0 Å². The lowest BCUT2D eigenvalue weighted by atomic mass is 10.1. The van der Waals surface area contributed by atoms with Gasteiger partial charge in [0.2, 0.25) is 5.91 Å². The van der Waals surface area contributed by atoms with Crippen molar-refractivity contribution in [3.8, 4) is 11.5 Å². The van der Waals surface area contributed by atoms with E-state index in [4.69, 9.17) is 9.47 Å². The molecule has 0 aliphatic heterocycles. The van der Waals surface area contributed by atoms with Gasteiger partial charge in [0.15, 0.2) is 0 Å². The van der Waals surface area contributed by atoms with Crippen molar-refractivity contribution in [1.29, 1.82) is 0 Å². The minimum atomic E-state index is -0.408. The molecule has 144 valence electrons. The smallest absolute Gasteiger partial charge is 0.269 e. The van der Waals surface area contributed by atoms with Crippen LogP contribution in [0.3, 0.4) is 0 Å². The summed E-state index contributed by atoms with van der Waals surface area (Å²) in [5.74, 6) is 1.07. The van der Waals surface area contributed by atoms with Gasteiger partial charge in [-0.1, -0.05) is 26.0 Å². The molecule has 2 aromatic rings. The first kappa shape index (κ1) is 20.8. The van der Waals surface area contributed by atoms with Gasteiger partial charge < -0.3 is 9.47 Å². The van der Waals surface area contributed by atoms with E-state index in [0.29, 0.717) is 28.3 Å². The molecule has 2 N–H and O–H groups in total. The van der Waals surface area contributed by atoms with Gasteiger partial charge in [0.25, 0.3) is 5.91 Å². The zero-order valence-corrected chi connectivity index (χ0v) is 17.1. The lowest BCUT2D eigenvalue weighted by molar-refractivity contribution is -0.121. The summed E-state index contributed by atoms with van der Waals surface area (Å²) >= 11 is 3.40. The molecule has 2 amide bonds. The standard InChI is InChI=1S/C20H23BrN2O4/c1-13(2)12-27-18-9-6-15(11-17(18)21)20(25)23-22-19(24)10-14-4-7-16(26-3)8-5-14/h4-9,11,13H,10,12H2,1-3H3,(H,22,24)(H,23,25). The van der Waals surface area contributed by atoms with E-state index in [1.165, 1.54) is 0 Å². The molecule has 0 aromatic heterocycles. The molecule has 0 aliphatic rings. The largest absolute Gasteiger partial charge is 0.497 e. The lowest BCUT2D eigenvalue weighted by Crippen LogP contribution is -2.42. The van der Waals surface area contributed by atoms with Gasteiger partial charge in [-0.2, -0.15) is 0 Å². The Morgan fingerprint density at radius 2 is 1.78 bits per heavy atom. The van der Waals surface area contributed by atoms with E-state index in [-0.39, 0.29) is 12.3 Å². The third kappa shape index (κ3) is 6.60. The van der Waals surface area contributed by atoms with Crippen molar-refractivity contribution in [2.24, 2.45) is 5.92 Å². The highest BCUT2D eigenvalue weighted by Gasteiger charge is 2.11. The minimum Gasteiger partial charge on any atom is -0.497 e. The van der Waals surface area contributed by atoms with Gasteiger partial charge in [0.05, 0.1) is 24.6 Å². The van der Waals surface area contributed by atoms with Crippen molar-refractivity contribution in [3.63, 3.8) is 0 Å². The second kappa shape index (κ2) is 9.97. The molecular weight excluding hydrogens is 412 g/mol. The van der Waals surface area contributed by atoms with E-state index in [0.717, 1.165) is 11.3 Å². The number of amides is 2. The molecule has 0 atom stereocenters. The molecule has 0 heterocycles. The summed E-state index contributed by atoms with van der Waals surface area (Å²) in [6.07, 6.45) is 0.149. The van der Waals surface area contributed by atoms with E-state index in [1.54, 1.807) is 49.6 Å². The molecule has 6 nitrogen and oxygen atoms in total. The first-order valence-corrected chi connectivity index (χ1v) is 9.32. The quantitative estimate of drug-likeness (QED) is 0.653. The number of rotatable bonds is 7. The summed E-state index contributed by atoms with van der Waals surface area (Å²) in [5, 5.41) is 0. The number of hydrogen-bond acceptors (Lipinski definition) is 4. The summed E-state index contributed by atoms with van der Waals surface area (Å²) in [6.45, 7) is 4.71. The molecular formula is C20H23BrN2O4. The van der Waals surface area contributed by atoms with Gasteiger partial charge in [-0.15, -0.1) is 0 Å². The molecule has 0 aliphatic carbocycles. The van der Waals surface area contributed by atoms with E-state index < -0.39 is 5.91 Å². The second-order valence-corrected chi connectivity index (χ2v) is 7.23. The van der Waals surface area contributed by atoms with E-state index in [2.05, 4.69) is 40.6 Å². The molecule has 0 unspecified atom stereocenters. The molecule has 7 heteroatoms. The predicted octanol–water partition coefficient (Wildman–Crippen LogP) is 3.50.